The van der Waals surface area contributed by atoms with Gasteiger partial charge in [-0.1, -0.05) is 23.5 Å². The number of hydrogen-bond donors (Lipinski definition) is 0. The van der Waals surface area contributed by atoms with Crippen molar-refractivity contribution >= 4 is 44.1 Å². The van der Waals surface area contributed by atoms with E-state index in [4.69, 9.17) is 13.9 Å². The summed E-state index contributed by atoms with van der Waals surface area (Å²) < 4.78 is 19.3. The smallest absolute Gasteiger partial charge is 0.315 e. The molecular weight excluding hydrogens is 434 g/mol. The number of rotatable bonds is 8. The van der Waals surface area contributed by atoms with Crippen LogP contribution in [0.5, 0.6) is 5.75 Å². The van der Waals surface area contributed by atoms with Crippen LogP contribution in [-0.4, -0.2) is 35.2 Å². The van der Waals surface area contributed by atoms with Crippen molar-refractivity contribution in [2.24, 2.45) is 4.99 Å². The van der Waals surface area contributed by atoms with E-state index < -0.39 is 10.8 Å². The minimum atomic E-state index is -0.546. The standard InChI is InChI=1S/C22H21N3O6S/c1-3-29-11-10-24-16-9-8-15(25(27)28)13-19(16)32-22(24)23-21(26)18-12-14-6-5-7-17(30-4-2)20(14)31-18/h5-9,12-13H,3-4,10-11H2,1-2H3. The number of fused-ring (bicyclic) bond motifs is 2. The zero-order valence-corrected chi connectivity index (χ0v) is 18.4. The van der Waals surface area contributed by atoms with Crippen molar-refractivity contribution in [1.82, 2.24) is 4.57 Å². The summed E-state index contributed by atoms with van der Waals surface area (Å²) in [6, 6.07) is 11.7. The van der Waals surface area contributed by atoms with Crippen LogP contribution in [-0.2, 0) is 11.3 Å². The number of carbonyl (C=O) groups is 1. The van der Waals surface area contributed by atoms with Crippen LogP contribution in [0.3, 0.4) is 0 Å². The molecule has 0 aliphatic rings. The Kier molecular flexibility index (Phi) is 6.33. The van der Waals surface area contributed by atoms with Crippen LogP contribution in [0.25, 0.3) is 21.2 Å². The number of nitrogens with zero attached hydrogens (tertiary/aromatic N) is 3. The molecule has 166 valence electrons. The summed E-state index contributed by atoms with van der Waals surface area (Å²) in [6.07, 6.45) is 0. The fourth-order valence-corrected chi connectivity index (χ4v) is 4.42. The van der Waals surface area contributed by atoms with E-state index in [2.05, 4.69) is 4.99 Å². The van der Waals surface area contributed by atoms with E-state index in [1.165, 1.54) is 23.5 Å². The molecule has 0 saturated carbocycles. The van der Waals surface area contributed by atoms with Gasteiger partial charge in [-0.2, -0.15) is 4.99 Å². The normalized spacial score (nSPS) is 12.0. The number of carbonyl (C=O) groups excluding carboxylic acids is 1. The van der Waals surface area contributed by atoms with Gasteiger partial charge in [0.2, 0.25) is 0 Å². The van der Waals surface area contributed by atoms with Gasteiger partial charge in [-0.25, -0.2) is 0 Å². The first-order chi connectivity index (χ1) is 15.5. The number of thiazole rings is 1. The number of aromatic nitrogens is 1. The van der Waals surface area contributed by atoms with Gasteiger partial charge in [0.15, 0.2) is 21.9 Å². The van der Waals surface area contributed by atoms with E-state index in [9.17, 15) is 14.9 Å². The fraction of sp³-hybridized carbons (Fsp3) is 0.273. The van der Waals surface area contributed by atoms with E-state index in [1.54, 1.807) is 18.2 Å². The van der Waals surface area contributed by atoms with Crippen molar-refractivity contribution in [1.29, 1.82) is 0 Å². The first kappa shape index (κ1) is 21.7. The van der Waals surface area contributed by atoms with Crippen LogP contribution in [0.2, 0.25) is 0 Å². The summed E-state index contributed by atoms with van der Waals surface area (Å²) in [5.74, 6) is 0.104. The number of amides is 1. The maximum atomic E-state index is 12.9. The molecule has 2 aromatic heterocycles. The highest BCUT2D eigenvalue weighted by Gasteiger charge is 2.17. The lowest BCUT2D eigenvalue weighted by Gasteiger charge is -2.05. The van der Waals surface area contributed by atoms with E-state index >= 15 is 0 Å². The van der Waals surface area contributed by atoms with Crippen molar-refractivity contribution in [2.75, 3.05) is 19.8 Å². The monoisotopic (exact) mass is 455 g/mol. The van der Waals surface area contributed by atoms with Crippen LogP contribution in [0.4, 0.5) is 5.69 Å². The quantitative estimate of drug-likeness (QED) is 0.219. The third-order valence-electron chi connectivity index (χ3n) is 4.76. The molecule has 4 rings (SSSR count). The van der Waals surface area contributed by atoms with Gasteiger partial charge >= 0.3 is 5.91 Å². The van der Waals surface area contributed by atoms with Gasteiger partial charge in [-0.15, -0.1) is 0 Å². The largest absolute Gasteiger partial charge is 0.490 e. The van der Waals surface area contributed by atoms with Crippen molar-refractivity contribution in [3.05, 3.63) is 63.1 Å². The molecule has 0 bridgehead atoms. The van der Waals surface area contributed by atoms with E-state index in [0.29, 0.717) is 47.2 Å². The lowest BCUT2D eigenvalue weighted by Crippen LogP contribution is -2.19. The molecule has 4 aromatic rings. The van der Waals surface area contributed by atoms with Gasteiger partial charge in [-0.3, -0.25) is 14.9 Å². The number of para-hydroxylation sites is 1. The first-order valence-electron chi connectivity index (χ1n) is 10.1. The summed E-state index contributed by atoms with van der Waals surface area (Å²) in [6.45, 7) is 5.67. The van der Waals surface area contributed by atoms with Crippen molar-refractivity contribution in [2.45, 2.75) is 20.4 Å². The Morgan fingerprint density at radius 1 is 1.22 bits per heavy atom. The maximum absolute atomic E-state index is 12.9. The van der Waals surface area contributed by atoms with Gasteiger partial charge in [-0.05, 0) is 32.0 Å². The van der Waals surface area contributed by atoms with Gasteiger partial charge in [0.05, 0.1) is 28.4 Å². The first-order valence-corrected chi connectivity index (χ1v) is 10.9. The molecule has 0 N–H and O–H groups in total. The van der Waals surface area contributed by atoms with E-state index in [-0.39, 0.29) is 11.4 Å². The lowest BCUT2D eigenvalue weighted by atomic mass is 10.2. The van der Waals surface area contributed by atoms with Crippen LogP contribution in [0.1, 0.15) is 24.4 Å². The summed E-state index contributed by atoms with van der Waals surface area (Å²) in [5, 5.41) is 11.9. The Morgan fingerprint density at radius 2 is 2.06 bits per heavy atom. The summed E-state index contributed by atoms with van der Waals surface area (Å²) >= 11 is 1.20. The third kappa shape index (κ3) is 4.27. The number of non-ortho nitro benzene ring substituents is 1. The minimum Gasteiger partial charge on any atom is -0.490 e. The second-order valence-electron chi connectivity index (χ2n) is 6.78. The number of benzene rings is 2. The zero-order chi connectivity index (χ0) is 22.7. The van der Waals surface area contributed by atoms with Crippen LogP contribution < -0.4 is 9.54 Å². The number of nitro groups is 1. The van der Waals surface area contributed by atoms with E-state index in [1.807, 2.05) is 30.5 Å². The molecule has 0 saturated heterocycles. The highest BCUT2D eigenvalue weighted by atomic mass is 32.1. The molecular formula is C22H21N3O6S. The molecule has 9 nitrogen and oxygen atoms in total. The fourth-order valence-electron chi connectivity index (χ4n) is 3.33. The molecule has 0 unspecified atom stereocenters. The van der Waals surface area contributed by atoms with Crippen LogP contribution in [0.15, 0.2) is 51.9 Å². The number of ether oxygens (including phenoxy) is 2. The molecule has 0 aliphatic heterocycles. The third-order valence-corrected chi connectivity index (χ3v) is 5.80. The van der Waals surface area contributed by atoms with Crippen molar-refractivity contribution in [3.63, 3.8) is 0 Å². The molecule has 0 radical (unpaired) electrons. The predicted octanol–water partition coefficient (Wildman–Crippen LogP) is 4.53. The van der Waals surface area contributed by atoms with Gasteiger partial charge in [0, 0.05) is 30.7 Å². The second kappa shape index (κ2) is 9.33. The molecule has 0 spiro atoms. The van der Waals surface area contributed by atoms with Crippen LogP contribution in [0, 0.1) is 10.1 Å². The maximum Gasteiger partial charge on any atom is 0.315 e. The predicted molar refractivity (Wildman–Crippen MR) is 120 cm³/mol. The van der Waals surface area contributed by atoms with Gasteiger partial charge in [0.1, 0.15) is 0 Å². The molecule has 0 aliphatic carbocycles. The highest BCUT2D eigenvalue weighted by Crippen LogP contribution is 2.29. The van der Waals surface area contributed by atoms with Gasteiger partial charge < -0.3 is 18.5 Å². The summed E-state index contributed by atoms with van der Waals surface area (Å²) in [5.41, 5.74) is 1.22. The molecule has 2 heterocycles. The highest BCUT2D eigenvalue weighted by molar-refractivity contribution is 7.16. The minimum absolute atomic E-state index is 0.0191. The van der Waals surface area contributed by atoms with Gasteiger partial charge in [0.25, 0.3) is 5.69 Å². The Labute approximate surface area is 186 Å². The average molecular weight is 455 g/mol. The molecule has 1 amide bonds. The number of nitro benzene ring substituents is 1. The molecule has 0 fully saturated rings. The SMILES string of the molecule is CCOCCn1c(=NC(=O)c2cc3cccc(OCC)c3o2)sc2cc([N+](=O)[O-])ccc21. The van der Waals surface area contributed by atoms with Crippen molar-refractivity contribution < 1.29 is 23.6 Å². The average Bonchev–Trinajstić information content (AvgIpc) is 3.36. The Bertz CT molecular complexity index is 1370. The molecule has 32 heavy (non-hydrogen) atoms. The number of hydrogen-bond acceptors (Lipinski definition) is 7. The molecule has 0 atom stereocenters. The second-order valence-corrected chi connectivity index (χ2v) is 7.79. The Balaban J connectivity index is 1.78. The summed E-state index contributed by atoms with van der Waals surface area (Å²) in [4.78, 5) is 28.3. The number of furan rings is 1. The Hall–Kier alpha value is -3.50. The summed E-state index contributed by atoms with van der Waals surface area (Å²) in [7, 11) is 0. The lowest BCUT2D eigenvalue weighted by molar-refractivity contribution is -0.384. The van der Waals surface area contributed by atoms with Crippen molar-refractivity contribution in [3.8, 4) is 5.75 Å². The zero-order valence-electron chi connectivity index (χ0n) is 17.6. The molecule has 2 aromatic carbocycles. The topological polar surface area (TPSA) is 109 Å². The van der Waals surface area contributed by atoms with E-state index in [0.717, 1.165) is 10.9 Å². The Morgan fingerprint density at radius 3 is 2.81 bits per heavy atom. The van der Waals surface area contributed by atoms with Crippen LogP contribution >= 0.6 is 11.3 Å². The molecule has 10 heteroatoms.